The average molecular weight is 403 g/mol. The van der Waals surface area contributed by atoms with Crippen molar-refractivity contribution in [2.45, 2.75) is 20.0 Å². The molecular weight excluding hydrogens is 384 g/mol. The van der Waals surface area contributed by atoms with Crippen LogP contribution in [0.25, 0.3) is 0 Å². The molecule has 0 spiro atoms. The molecule has 0 fully saturated rings. The largest absolute Gasteiger partial charge is 0.497 e. The Bertz CT molecular complexity index is 1020. The summed E-state index contributed by atoms with van der Waals surface area (Å²) in [5.74, 6) is -1.21. The lowest BCUT2D eigenvalue weighted by molar-refractivity contribution is -0.118. The van der Waals surface area contributed by atoms with Crippen LogP contribution in [-0.4, -0.2) is 32.8 Å². The minimum absolute atomic E-state index is 0.0533. The first-order valence-electron chi connectivity index (χ1n) is 8.53. The third kappa shape index (κ3) is 4.94. The number of rotatable bonds is 8. The van der Waals surface area contributed by atoms with E-state index in [1.54, 1.807) is 19.3 Å². The minimum atomic E-state index is -0.721. The maximum Gasteiger partial charge on any atom is 0.239 e. The van der Waals surface area contributed by atoms with Gasteiger partial charge in [0.15, 0.2) is 0 Å². The number of aryl methyl sites for hydroxylation is 1. The van der Waals surface area contributed by atoms with E-state index in [0.29, 0.717) is 17.1 Å². The summed E-state index contributed by atoms with van der Waals surface area (Å²) in [5.41, 5.74) is 6.23. The molecule has 2 heterocycles. The fourth-order valence-electron chi connectivity index (χ4n) is 2.52. The Morgan fingerprint density at radius 2 is 2.00 bits per heavy atom. The number of hydrogen-bond donors (Lipinski definition) is 3. The molecular formula is C18H19F2N7O2. The average Bonchev–Trinajstić information content (AvgIpc) is 3.09. The zero-order valence-electron chi connectivity index (χ0n) is 15.7. The number of amides is 1. The Morgan fingerprint density at radius 3 is 2.66 bits per heavy atom. The van der Waals surface area contributed by atoms with Crippen LogP contribution in [0, 0.1) is 18.6 Å². The number of aromatic nitrogens is 4. The highest BCUT2D eigenvalue weighted by Gasteiger charge is 2.13. The van der Waals surface area contributed by atoms with E-state index in [2.05, 4.69) is 25.7 Å². The Kier molecular flexibility index (Phi) is 5.86. The van der Waals surface area contributed by atoms with Gasteiger partial charge in [-0.25, -0.2) is 13.8 Å². The van der Waals surface area contributed by atoms with Crippen LogP contribution in [0.2, 0.25) is 0 Å². The highest BCUT2D eigenvalue weighted by Crippen LogP contribution is 2.22. The molecule has 9 nitrogen and oxygen atoms in total. The molecule has 1 amide bonds. The number of primary amides is 1. The molecule has 0 aliphatic rings. The monoisotopic (exact) mass is 403 g/mol. The fraction of sp³-hybridized carbons (Fsp3) is 0.222. The van der Waals surface area contributed by atoms with Crippen LogP contribution in [0.15, 0.2) is 30.7 Å². The number of nitrogens with zero attached hydrogens (tertiary/aromatic N) is 4. The molecule has 1 aromatic carbocycles. The zero-order chi connectivity index (χ0) is 21.0. The molecule has 0 radical (unpaired) electrons. The van der Waals surface area contributed by atoms with Gasteiger partial charge >= 0.3 is 0 Å². The number of nitrogens with two attached hydrogens (primary N) is 1. The van der Waals surface area contributed by atoms with Crippen LogP contribution in [0.4, 0.5) is 26.2 Å². The number of nitrogens with one attached hydrogen (secondary N) is 2. The van der Waals surface area contributed by atoms with Crippen molar-refractivity contribution >= 4 is 23.4 Å². The van der Waals surface area contributed by atoms with E-state index in [4.69, 9.17) is 10.5 Å². The molecule has 4 N–H and O–H groups in total. The van der Waals surface area contributed by atoms with Gasteiger partial charge in [0.25, 0.3) is 0 Å². The van der Waals surface area contributed by atoms with E-state index in [1.807, 2.05) is 0 Å². The maximum absolute atomic E-state index is 14.1. The van der Waals surface area contributed by atoms with Gasteiger partial charge in [-0.2, -0.15) is 10.1 Å². The third-order valence-electron chi connectivity index (χ3n) is 3.96. The highest BCUT2D eigenvalue weighted by atomic mass is 19.1. The summed E-state index contributed by atoms with van der Waals surface area (Å²) in [7, 11) is 1.34. The first-order valence-corrected chi connectivity index (χ1v) is 8.53. The number of hydrogen-bond acceptors (Lipinski definition) is 7. The maximum atomic E-state index is 14.1. The van der Waals surface area contributed by atoms with Gasteiger partial charge in [0, 0.05) is 42.2 Å². The second-order valence-corrected chi connectivity index (χ2v) is 6.17. The van der Waals surface area contributed by atoms with Crippen molar-refractivity contribution < 1.29 is 18.3 Å². The number of carbonyl (C=O) groups excluding carboxylic acids is 1. The summed E-state index contributed by atoms with van der Waals surface area (Å²) < 4.78 is 34.4. The van der Waals surface area contributed by atoms with E-state index in [0.717, 1.165) is 12.1 Å². The normalized spacial score (nSPS) is 10.6. The second-order valence-electron chi connectivity index (χ2n) is 6.17. The second kappa shape index (κ2) is 8.50. The molecule has 3 rings (SSSR count). The van der Waals surface area contributed by atoms with Gasteiger partial charge in [-0.15, -0.1) is 0 Å². The molecule has 0 atom stereocenters. The predicted octanol–water partition coefficient (Wildman–Crippen LogP) is 2.11. The Morgan fingerprint density at radius 1 is 1.28 bits per heavy atom. The van der Waals surface area contributed by atoms with Crippen LogP contribution >= 0.6 is 0 Å². The molecule has 2 aromatic heterocycles. The van der Waals surface area contributed by atoms with Gasteiger partial charge in [-0.1, -0.05) is 0 Å². The summed E-state index contributed by atoms with van der Waals surface area (Å²) in [6, 6.07) is 2.23. The Hall–Kier alpha value is -3.76. The van der Waals surface area contributed by atoms with Crippen LogP contribution < -0.4 is 21.1 Å². The van der Waals surface area contributed by atoms with Gasteiger partial charge in [0.1, 0.15) is 29.7 Å². The molecule has 29 heavy (non-hydrogen) atoms. The summed E-state index contributed by atoms with van der Waals surface area (Å²) in [4.78, 5) is 19.4. The quantitative estimate of drug-likeness (QED) is 0.527. The Balaban J connectivity index is 1.73. The minimum Gasteiger partial charge on any atom is -0.497 e. The lowest BCUT2D eigenvalue weighted by Crippen LogP contribution is -2.18. The van der Waals surface area contributed by atoms with Crippen molar-refractivity contribution in [3.63, 3.8) is 0 Å². The van der Waals surface area contributed by atoms with Gasteiger partial charge in [0.05, 0.1) is 19.0 Å². The topological polar surface area (TPSA) is 120 Å². The van der Waals surface area contributed by atoms with Crippen molar-refractivity contribution in [2.75, 3.05) is 17.7 Å². The molecule has 0 unspecified atom stereocenters. The van der Waals surface area contributed by atoms with E-state index in [-0.39, 0.29) is 30.4 Å². The molecule has 0 bridgehead atoms. The van der Waals surface area contributed by atoms with Crippen molar-refractivity contribution in [2.24, 2.45) is 5.73 Å². The Labute approximate surface area is 164 Å². The number of halogens is 2. The molecule has 11 heteroatoms. The van der Waals surface area contributed by atoms with E-state index >= 15 is 0 Å². The molecule has 0 aliphatic heterocycles. The van der Waals surface area contributed by atoms with Gasteiger partial charge < -0.3 is 21.1 Å². The summed E-state index contributed by atoms with van der Waals surface area (Å²) in [5, 5.41) is 9.84. The molecule has 3 aromatic rings. The number of methoxy groups -OCH3 is 1. The predicted molar refractivity (Wildman–Crippen MR) is 102 cm³/mol. The van der Waals surface area contributed by atoms with E-state index in [1.165, 1.54) is 18.0 Å². The smallest absolute Gasteiger partial charge is 0.239 e. The van der Waals surface area contributed by atoms with E-state index < -0.39 is 17.5 Å². The van der Waals surface area contributed by atoms with Crippen molar-refractivity contribution in [1.82, 2.24) is 19.7 Å². The van der Waals surface area contributed by atoms with E-state index in [9.17, 15) is 13.6 Å². The van der Waals surface area contributed by atoms with Crippen LogP contribution in [0.3, 0.4) is 0 Å². The standard InChI is InChI=1S/C18H19F2N7O2/c1-10-5-23-18(25-11-6-24-27(8-11)9-16(21)28)26-17(10)22-7-13-14(19)3-12(29-2)4-15(13)20/h3-6,8H,7,9H2,1-2H3,(H2,21,28)(H2,22,23,25,26). The van der Waals surface area contributed by atoms with Crippen molar-refractivity contribution in [3.05, 3.63) is 53.5 Å². The molecule has 0 saturated heterocycles. The van der Waals surface area contributed by atoms with Gasteiger partial charge in [-0.05, 0) is 6.92 Å². The summed E-state index contributed by atoms with van der Waals surface area (Å²) >= 11 is 0. The third-order valence-corrected chi connectivity index (χ3v) is 3.96. The molecule has 0 aliphatic carbocycles. The SMILES string of the molecule is COc1cc(F)c(CNc2nc(Nc3cnn(CC(N)=O)c3)ncc2C)c(F)c1. The van der Waals surface area contributed by atoms with Crippen LogP contribution in [-0.2, 0) is 17.9 Å². The zero-order valence-corrected chi connectivity index (χ0v) is 15.7. The highest BCUT2D eigenvalue weighted by molar-refractivity contribution is 5.73. The van der Waals surface area contributed by atoms with Crippen LogP contribution in [0.1, 0.15) is 11.1 Å². The van der Waals surface area contributed by atoms with Crippen LogP contribution in [0.5, 0.6) is 5.75 Å². The van der Waals surface area contributed by atoms with Crippen molar-refractivity contribution in [1.29, 1.82) is 0 Å². The van der Waals surface area contributed by atoms with Gasteiger partial charge in [-0.3, -0.25) is 9.48 Å². The summed E-state index contributed by atoms with van der Waals surface area (Å²) in [6.07, 6.45) is 4.62. The number of anilines is 3. The lowest BCUT2D eigenvalue weighted by Gasteiger charge is -2.12. The number of carbonyl (C=O) groups is 1. The summed E-state index contributed by atoms with van der Waals surface area (Å²) in [6.45, 7) is 1.59. The first kappa shape index (κ1) is 20.0. The molecule has 0 saturated carbocycles. The van der Waals surface area contributed by atoms with Gasteiger partial charge in [0.2, 0.25) is 11.9 Å². The molecule has 152 valence electrons. The lowest BCUT2D eigenvalue weighted by atomic mass is 10.2. The first-order chi connectivity index (χ1) is 13.9. The number of ether oxygens (including phenoxy) is 1. The number of benzene rings is 1. The fourth-order valence-corrected chi connectivity index (χ4v) is 2.52. The van der Waals surface area contributed by atoms with Crippen molar-refractivity contribution in [3.8, 4) is 5.75 Å².